The second-order valence-electron chi connectivity index (χ2n) is 3.13. The van der Waals surface area contributed by atoms with Crippen molar-refractivity contribution in [1.29, 1.82) is 0 Å². The Hall–Kier alpha value is -1.04. The molecule has 0 heterocycles. The number of amides is 1. The lowest BCUT2D eigenvalue weighted by molar-refractivity contribution is -0.150. The first kappa shape index (κ1) is 13.0. The molecule has 0 aliphatic heterocycles. The first-order valence-corrected chi connectivity index (χ1v) is 5.55. The van der Waals surface area contributed by atoms with E-state index < -0.39 is 18.5 Å². The average molecular weight is 296 g/mol. The van der Waals surface area contributed by atoms with Crippen LogP contribution in [0.3, 0.4) is 0 Å². The number of halogens is 4. The smallest absolute Gasteiger partial charge is 0.326 e. The van der Waals surface area contributed by atoms with Gasteiger partial charge >= 0.3 is 6.18 Å². The lowest BCUT2D eigenvalue weighted by Gasteiger charge is -2.10. The summed E-state index contributed by atoms with van der Waals surface area (Å²) < 4.78 is 35.8. The zero-order chi connectivity index (χ0) is 12.2. The molecular formula is C10H9BrF3NO. The summed E-state index contributed by atoms with van der Waals surface area (Å²) in [7, 11) is 0. The van der Waals surface area contributed by atoms with E-state index in [1.807, 2.05) is 0 Å². The third kappa shape index (κ3) is 4.22. The van der Waals surface area contributed by atoms with Crippen LogP contribution in [-0.4, -0.2) is 12.1 Å². The molecule has 0 fully saturated rings. The molecule has 1 aromatic rings. The Morgan fingerprint density at radius 3 is 2.50 bits per heavy atom. The minimum atomic E-state index is -4.48. The zero-order valence-electron chi connectivity index (χ0n) is 8.14. The summed E-state index contributed by atoms with van der Waals surface area (Å²) in [5.41, 5.74) is 1.13. The number of anilines is 1. The Labute approximate surface area is 99.0 Å². The van der Waals surface area contributed by atoms with Crippen molar-refractivity contribution in [2.24, 2.45) is 0 Å². The highest BCUT2D eigenvalue weighted by Crippen LogP contribution is 2.22. The van der Waals surface area contributed by atoms with Gasteiger partial charge in [0.1, 0.15) is 6.42 Å². The van der Waals surface area contributed by atoms with Crippen molar-refractivity contribution in [3.63, 3.8) is 0 Å². The number of rotatable bonds is 3. The Morgan fingerprint density at radius 2 is 1.94 bits per heavy atom. The number of hydrogen-bond acceptors (Lipinski definition) is 1. The van der Waals surface area contributed by atoms with Crippen molar-refractivity contribution >= 4 is 27.5 Å². The van der Waals surface area contributed by atoms with Gasteiger partial charge < -0.3 is 5.32 Å². The summed E-state index contributed by atoms with van der Waals surface area (Å²) in [6.45, 7) is 0. The molecule has 0 radical (unpaired) electrons. The highest BCUT2D eigenvalue weighted by molar-refractivity contribution is 9.08. The van der Waals surface area contributed by atoms with E-state index in [0.717, 1.165) is 5.56 Å². The van der Waals surface area contributed by atoms with Crippen LogP contribution in [0.4, 0.5) is 18.9 Å². The number of para-hydroxylation sites is 1. The van der Waals surface area contributed by atoms with Crippen LogP contribution in [0.5, 0.6) is 0 Å². The summed E-state index contributed by atoms with van der Waals surface area (Å²) in [4.78, 5) is 11.0. The molecular weight excluding hydrogens is 287 g/mol. The highest BCUT2D eigenvalue weighted by Gasteiger charge is 2.31. The third-order valence-electron chi connectivity index (χ3n) is 1.80. The SMILES string of the molecule is O=C(CC(F)(F)F)Nc1ccccc1CBr. The number of alkyl halides is 4. The van der Waals surface area contributed by atoms with E-state index >= 15 is 0 Å². The van der Waals surface area contributed by atoms with Crippen molar-refractivity contribution in [2.45, 2.75) is 17.9 Å². The molecule has 0 aromatic heterocycles. The zero-order valence-corrected chi connectivity index (χ0v) is 9.73. The molecule has 0 saturated heterocycles. The van der Waals surface area contributed by atoms with Gasteiger partial charge in [-0.05, 0) is 11.6 Å². The molecule has 0 aliphatic rings. The summed E-state index contributed by atoms with van der Waals surface area (Å²) in [6.07, 6.45) is -5.95. The highest BCUT2D eigenvalue weighted by atomic mass is 79.9. The fourth-order valence-corrected chi connectivity index (χ4v) is 1.62. The lowest BCUT2D eigenvalue weighted by Crippen LogP contribution is -2.21. The summed E-state index contributed by atoms with van der Waals surface area (Å²) >= 11 is 3.19. The molecule has 88 valence electrons. The molecule has 0 atom stereocenters. The van der Waals surface area contributed by atoms with E-state index in [-0.39, 0.29) is 0 Å². The van der Waals surface area contributed by atoms with Crippen LogP contribution in [0.25, 0.3) is 0 Å². The maximum atomic E-state index is 11.9. The molecule has 1 rings (SSSR count). The van der Waals surface area contributed by atoms with Gasteiger partial charge in [0.05, 0.1) is 0 Å². The molecule has 6 heteroatoms. The van der Waals surface area contributed by atoms with Gasteiger partial charge in [0.15, 0.2) is 0 Å². The van der Waals surface area contributed by atoms with Crippen molar-refractivity contribution in [1.82, 2.24) is 0 Å². The van der Waals surface area contributed by atoms with Gasteiger partial charge in [0.2, 0.25) is 5.91 Å². The maximum absolute atomic E-state index is 11.9. The molecule has 0 bridgehead atoms. The minimum Gasteiger partial charge on any atom is -0.326 e. The van der Waals surface area contributed by atoms with E-state index in [0.29, 0.717) is 11.0 Å². The second kappa shape index (κ2) is 5.34. The maximum Gasteiger partial charge on any atom is 0.397 e. The molecule has 0 spiro atoms. The molecule has 0 aliphatic carbocycles. The molecule has 2 nitrogen and oxygen atoms in total. The lowest BCUT2D eigenvalue weighted by atomic mass is 10.2. The number of carbonyl (C=O) groups is 1. The fraction of sp³-hybridized carbons (Fsp3) is 0.300. The second-order valence-corrected chi connectivity index (χ2v) is 3.69. The average Bonchev–Trinajstić information content (AvgIpc) is 2.15. The van der Waals surface area contributed by atoms with E-state index in [4.69, 9.17) is 0 Å². The van der Waals surface area contributed by atoms with E-state index in [1.165, 1.54) is 0 Å². The van der Waals surface area contributed by atoms with Crippen LogP contribution in [-0.2, 0) is 10.1 Å². The molecule has 0 unspecified atom stereocenters. The standard InChI is InChI=1S/C10H9BrF3NO/c11-6-7-3-1-2-4-8(7)15-9(16)5-10(12,13)14/h1-4H,5-6H2,(H,15,16). The summed E-state index contributed by atoms with van der Waals surface area (Å²) in [5, 5.41) is 2.70. The van der Waals surface area contributed by atoms with Gasteiger partial charge in [-0.3, -0.25) is 4.79 Å². The van der Waals surface area contributed by atoms with Gasteiger partial charge in [-0.1, -0.05) is 34.1 Å². The van der Waals surface area contributed by atoms with E-state index in [2.05, 4.69) is 21.2 Å². The first-order valence-electron chi connectivity index (χ1n) is 4.43. The quantitative estimate of drug-likeness (QED) is 0.850. The minimum absolute atomic E-state index is 0.397. The molecule has 16 heavy (non-hydrogen) atoms. The predicted octanol–water partition coefficient (Wildman–Crippen LogP) is 3.47. The Bertz CT molecular complexity index is 379. The van der Waals surface area contributed by atoms with Crippen molar-refractivity contribution in [3.05, 3.63) is 29.8 Å². The van der Waals surface area contributed by atoms with Crippen molar-refractivity contribution in [3.8, 4) is 0 Å². The number of benzene rings is 1. The topological polar surface area (TPSA) is 29.1 Å². The van der Waals surface area contributed by atoms with E-state index in [9.17, 15) is 18.0 Å². The van der Waals surface area contributed by atoms with Crippen molar-refractivity contribution in [2.75, 3.05) is 5.32 Å². The van der Waals surface area contributed by atoms with Gasteiger partial charge in [0.25, 0.3) is 0 Å². The third-order valence-corrected chi connectivity index (χ3v) is 2.40. The molecule has 1 aromatic carbocycles. The summed E-state index contributed by atoms with van der Waals surface area (Å²) in [5.74, 6) is -1.05. The van der Waals surface area contributed by atoms with Gasteiger partial charge in [0, 0.05) is 11.0 Å². The van der Waals surface area contributed by atoms with Crippen LogP contribution in [0, 0.1) is 0 Å². The van der Waals surface area contributed by atoms with Crippen LogP contribution in [0.2, 0.25) is 0 Å². The fourth-order valence-electron chi connectivity index (χ4n) is 1.14. The number of carbonyl (C=O) groups excluding carboxylic acids is 1. The van der Waals surface area contributed by atoms with Gasteiger partial charge in [-0.15, -0.1) is 0 Å². The van der Waals surface area contributed by atoms with Crippen LogP contribution < -0.4 is 5.32 Å². The molecule has 1 N–H and O–H groups in total. The molecule has 0 saturated carbocycles. The Balaban J connectivity index is 2.70. The van der Waals surface area contributed by atoms with Gasteiger partial charge in [-0.25, -0.2) is 0 Å². The van der Waals surface area contributed by atoms with Crippen LogP contribution in [0.1, 0.15) is 12.0 Å². The van der Waals surface area contributed by atoms with Gasteiger partial charge in [-0.2, -0.15) is 13.2 Å². The first-order chi connectivity index (χ1) is 7.42. The molecule has 1 amide bonds. The Morgan fingerprint density at radius 1 is 1.31 bits per heavy atom. The predicted molar refractivity (Wildman–Crippen MR) is 58.4 cm³/mol. The van der Waals surface area contributed by atoms with Crippen LogP contribution in [0.15, 0.2) is 24.3 Å². The number of nitrogens with one attached hydrogen (secondary N) is 1. The largest absolute Gasteiger partial charge is 0.397 e. The monoisotopic (exact) mass is 295 g/mol. The van der Waals surface area contributed by atoms with Crippen LogP contribution >= 0.6 is 15.9 Å². The number of hydrogen-bond donors (Lipinski definition) is 1. The summed E-state index contributed by atoms with van der Waals surface area (Å²) in [6, 6.07) is 6.67. The van der Waals surface area contributed by atoms with Crippen molar-refractivity contribution < 1.29 is 18.0 Å². The normalized spacial score (nSPS) is 11.2. The Kier molecular flexibility index (Phi) is 4.35. The van der Waals surface area contributed by atoms with E-state index in [1.54, 1.807) is 24.3 Å².